The molecule has 1 aromatic heterocycles. The standard InChI is InChI=1S/C15H23N7O/c1-4-13(14(23)17-10-11(2)16-3)18-15-19-20-21-22(15)12-8-6-5-7-9-12/h5-9,11,13,16H,4,10H2,1-3H3,(H,17,23)(H,18,19,21). The molecule has 8 heteroatoms. The molecule has 8 nitrogen and oxygen atoms in total. The Labute approximate surface area is 135 Å². The SMILES string of the molecule is CCC(Nc1nnnn1-c1ccccc1)C(=O)NCC(C)NC. The summed E-state index contributed by atoms with van der Waals surface area (Å²) >= 11 is 0. The number of hydrogen-bond acceptors (Lipinski definition) is 6. The molecule has 0 aliphatic carbocycles. The molecule has 3 N–H and O–H groups in total. The van der Waals surface area contributed by atoms with Crippen molar-refractivity contribution in [3.05, 3.63) is 30.3 Å². The molecule has 0 radical (unpaired) electrons. The normalized spacial score (nSPS) is 13.3. The second kappa shape index (κ2) is 8.23. The first-order valence-corrected chi connectivity index (χ1v) is 7.71. The molecule has 2 atom stereocenters. The summed E-state index contributed by atoms with van der Waals surface area (Å²) in [4.78, 5) is 12.3. The van der Waals surface area contributed by atoms with Crippen LogP contribution < -0.4 is 16.0 Å². The van der Waals surface area contributed by atoms with Gasteiger partial charge in [0.1, 0.15) is 6.04 Å². The third-order valence-corrected chi connectivity index (χ3v) is 3.57. The van der Waals surface area contributed by atoms with Crippen LogP contribution in [0.25, 0.3) is 5.69 Å². The van der Waals surface area contributed by atoms with Crippen LogP contribution in [-0.2, 0) is 4.79 Å². The molecule has 0 aliphatic heterocycles. The highest BCUT2D eigenvalue weighted by atomic mass is 16.2. The van der Waals surface area contributed by atoms with E-state index in [0.717, 1.165) is 5.69 Å². The van der Waals surface area contributed by atoms with E-state index in [4.69, 9.17) is 0 Å². The lowest BCUT2D eigenvalue weighted by Gasteiger charge is -2.18. The van der Waals surface area contributed by atoms with Gasteiger partial charge >= 0.3 is 0 Å². The van der Waals surface area contributed by atoms with Crippen molar-refractivity contribution in [1.29, 1.82) is 0 Å². The predicted molar refractivity (Wildman–Crippen MR) is 88.4 cm³/mol. The highest BCUT2D eigenvalue weighted by molar-refractivity contribution is 5.84. The summed E-state index contributed by atoms with van der Waals surface area (Å²) in [5.74, 6) is 0.372. The van der Waals surface area contributed by atoms with E-state index < -0.39 is 6.04 Å². The number of anilines is 1. The Balaban J connectivity index is 2.05. The Kier molecular flexibility index (Phi) is 6.04. The van der Waals surface area contributed by atoms with Gasteiger partial charge in [-0.15, -0.1) is 0 Å². The Morgan fingerprint density at radius 2 is 2.04 bits per heavy atom. The predicted octanol–water partition coefficient (Wildman–Crippen LogP) is 0.577. The molecular weight excluding hydrogens is 294 g/mol. The first-order chi connectivity index (χ1) is 11.2. The minimum absolute atomic E-state index is 0.0720. The fourth-order valence-corrected chi connectivity index (χ4v) is 2.01. The second-order valence-electron chi connectivity index (χ2n) is 5.29. The smallest absolute Gasteiger partial charge is 0.248 e. The van der Waals surface area contributed by atoms with E-state index in [1.807, 2.05) is 51.2 Å². The summed E-state index contributed by atoms with van der Waals surface area (Å²) < 4.78 is 1.58. The van der Waals surface area contributed by atoms with Crippen molar-refractivity contribution in [1.82, 2.24) is 30.8 Å². The number of carbonyl (C=O) groups is 1. The van der Waals surface area contributed by atoms with E-state index in [0.29, 0.717) is 18.9 Å². The van der Waals surface area contributed by atoms with Crippen molar-refractivity contribution >= 4 is 11.9 Å². The van der Waals surface area contributed by atoms with E-state index in [-0.39, 0.29) is 11.9 Å². The van der Waals surface area contributed by atoms with Gasteiger partial charge in [0.25, 0.3) is 0 Å². The van der Waals surface area contributed by atoms with Gasteiger partial charge in [-0.05, 0) is 43.0 Å². The van der Waals surface area contributed by atoms with E-state index in [2.05, 4.69) is 31.5 Å². The summed E-state index contributed by atoms with van der Waals surface area (Å²) in [6.07, 6.45) is 0.626. The van der Waals surface area contributed by atoms with Crippen LogP contribution in [-0.4, -0.2) is 51.8 Å². The molecule has 2 aromatic rings. The highest BCUT2D eigenvalue weighted by Gasteiger charge is 2.19. The number of benzene rings is 1. The van der Waals surface area contributed by atoms with E-state index in [9.17, 15) is 4.79 Å². The van der Waals surface area contributed by atoms with Gasteiger partial charge < -0.3 is 16.0 Å². The molecular formula is C15H23N7O. The summed E-state index contributed by atoms with van der Waals surface area (Å²) in [6.45, 7) is 4.51. The number of amides is 1. The number of nitrogens with zero attached hydrogens (tertiary/aromatic N) is 4. The Morgan fingerprint density at radius 1 is 1.30 bits per heavy atom. The molecule has 2 unspecified atom stereocenters. The van der Waals surface area contributed by atoms with Crippen LogP contribution in [0.2, 0.25) is 0 Å². The molecule has 2 rings (SSSR count). The number of aromatic nitrogens is 4. The first-order valence-electron chi connectivity index (χ1n) is 7.71. The molecule has 0 aliphatic rings. The third kappa shape index (κ3) is 4.49. The number of rotatable bonds is 8. The van der Waals surface area contributed by atoms with Crippen molar-refractivity contribution < 1.29 is 4.79 Å². The average Bonchev–Trinajstić information content (AvgIpc) is 3.06. The molecule has 0 spiro atoms. The van der Waals surface area contributed by atoms with Crippen molar-refractivity contribution in [3.63, 3.8) is 0 Å². The molecule has 1 aromatic carbocycles. The summed E-state index contributed by atoms with van der Waals surface area (Å²) in [7, 11) is 1.86. The number of likely N-dealkylation sites (N-methyl/N-ethyl adjacent to an activating group) is 1. The number of tetrazole rings is 1. The maximum Gasteiger partial charge on any atom is 0.248 e. The van der Waals surface area contributed by atoms with Crippen molar-refractivity contribution in [2.45, 2.75) is 32.4 Å². The number of carbonyl (C=O) groups excluding carboxylic acids is 1. The topological polar surface area (TPSA) is 96.8 Å². The Morgan fingerprint density at radius 3 is 2.70 bits per heavy atom. The van der Waals surface area contributed by atoms with Gasteiger partial charge in [-0.25, -0.2) is 0 Å². The molecule has 0 fully saturated rings. The lowest BCUT2D eigenvalue weighted by atomic mass is 10.2. The minimum Gasteiger partial charge on any atom is -0.353 e. The monoisotopic (exact) mass is 317 g/mol. The molecule has 124 valence electrons. The summed E-state index contributed by atoms with van der Waals surface area (Å²) in [5, 5.41) is 20.7. The quantitative estimate of drug-likeness (QED) is 0.659. The molecule has 0 saturated carbocycles. The Hall–Kier alpha value is -2.48. The Bertz CT molecular complexity index is 613. The zero-order valence-corrected chi connectivity index (χ0v) is 13.7. The lowest BCUT2D eigenvalue weighted by molar-refractivity contribution is -0.122. The van der Waals surface area contributed by atoms with Crippen LogP contribution in [0.15, 0.2) is 30.3 Å². The van der Waals surface area contributed by atoms with Crippen LogP contribution in [0, 0.1) is 0 Å². The van der Waals surface area contributed by atoms with E-state index in [1.54, 1.807) is 4.68 Å². The number of para-hydroxylation sites is 1. The van der Waals surface area contributed by atoms with E-state index >= 15 is 0 Å². The van der Waals surface area contributed by atoms with Crippen molar-refractivity contribution in [3.8, 4) is 5.69 Å². The first kappa shape index (κ1) is 16.9. The van der Waals surface area contributed by atoms with Gasteiger partial charge in [-0.2, -0.15) is 4.68 Å². The van der Waals surface area contributed by atoms with Crippen LogP contribution >= 0.6 is 0 Å². The molecule has 23 heavy (non-hydrogen) atoms. The van der Waals surface area contributed by atoms with Crippen molar-refractivity contribution in [2.75, 3.05) is 18.9 Å². The lowest BCUT2D eigenvalue weighted by Crippen LogP contribution is -2.44. The van der Waals surface area contributed by atoms with E-state index in [1.165, 1.54) is 0 Å². The number of hydrogen-bond donors (Lipinski definition) is 3. The highest BCUT2D eigenvalue weighted by Crippen LogP contribution is 2.12. The fraction of sp³-hybridized carbons (Fsp3) is 0.467. The summed E-state index contributed by atoms with van der Waals surface area (Å²) in [6, 6.07) is 9.35. The van der Waals surface area contributed by atoms with Crippen LogP contribution in [0.4, 0.5) is 5.95 Å². The molecule has 1 amide bonds. The summed E-state index contributed by atoms with van der Waals surface area (Å²) in [5.41, 5.74) is 0.832. The van der Waals surface area contributed by atoms with Crippen LogP contribution in [0.1, 0.15) is 20.3 Å². The fourth-order valence-electron chi connectivity index (χ4n) is 2.01. The van der Waals surface area contributed by atoms with Crippen molar-refractivity contribution in [2.24, 2.45) is 0 Å². The largest absolute Gasteiger partial charge is 0.353 e. The van der Waals surface area contributed by atoms with Crippen LogP contribution in [0.5, 0.6) is 0 Å². The molecule has 0 bridgehead atoms. The third-order valence-electron chi connectivity index (χ3n) is 3.57. The van der Waals surface area contributed by atoms with Gasteiger partial charge in [-0.1, -0.05) is 30.2 Å². The molecule has 0 saturated heterocycles. The minimum atomic E-state index is -0.396. The van der Waals surface area contributed by atoms with Gasteiger partial charge in [0.05, 0.1) is 5.69 Å². The second-order valence-corrected chi connectivity index (χ2v) is 5.29. The zero-order valence-electron chi connectivity index (χ0n) is 13.7. The average molecular weight is 317 g/mol. The van der Waals surface area contributed by atoms with Gasteiger partial charge in [-0.3, -0.25) is 4.79 Å². The zero-order chi connectivity index (χ0) is 16.7. The van der Waals surface area contributed by atoms with Gasteiger partial charge in [0.15, 0.2) is 0 Å². The maximum absolute atomic E-state index is 12.3. The van der Waals surface area contributed by atoms with Gasteiger partial charge in [0, 0.05) is 12.6 Å². The maximum atomic E-state index is 12.3. The van der Waals surface area contributed by atoms with Gasteiger partial charge in [0.2, 0.25) is 11.9 Å². The molecule has 1 heterocycles. The number of nitrogens with one attached hydrogen (secondary N) is 3. The van der Waals surface area contributed by atoms with Crippen LogP contribution in [0.3, 0.4) is 0 Å².